The van der Waals surface area contributed by atoms with Crippen molar-refractivity contribution in [3.05, 3.63) is 84.4 Å². The quantitative estimate of drug-likeness (QED) is 0.534. The van der Waals surface area contributed by atoms with E-state index in [4.69, 9.17) is 0 Å². The molecule has 1 N–H and O–H groups in total. The number of nitrogens with zero attached hydrogens (tertiary/aromatic N) is 5. The van der Waals surface area contributed by atoms with Gasteiger partial charge in [0.05, 0.1) is 11.9 Å². The number of pyridine rings is 1. The molecule has 0 unspecified atom stereocenters. The number of hydrogen-bond acceptors (Lipinski definition) is 5. The smallest absolute Gasteiger partial charge is 0.180 e. The number of hydrogen-bond donors (Lipinski definition) is 1. The van der Waals surface area contributed by atoms with Crippen LogP contribution in [0.2, 0.25) is 0 Å². The SMILES string of the molecule is CCc1cc(NCCc2cnn(-c3ccccc3)c2)nc(-c2ccccn2)n1. The van der Waals surface area contributed by atoms with E-state index in [1.54, 1.807) is 6.20 Å². The molecule has 0 atom stereocenters. The zero-order valence-corrected chi connectivity index (χ0v) is 15.8. The van der Waals surface area contributed by atoms with E-state index in [1.165, 1.54) is 5.56 Å². The highest BCUT2D eigenvalue weighted by Gasteiger charge is 2.07. The molecule has 4 rings (SSSR count). The van der Waals surface area contributed by atoms with Crippen molar-refractivity contribution in [3.63, 3.8) is 0 Å². The summed E-state index contributed by atoms with van der Waals surface area (Å²) < 4.78 is 1.90. The summed E-state index contributed by atoms with van der Waals surface area (Å²) in [4.78, 5) is 13.6. The summed E-state index contributed by atoms with van der Waals surface area (Å²) in [6, 6.07) is 17.9. The number of benzene rings is 1. The van der Waals surface area contributed by atoms with E-state index < -0.39 is 0 Å². The lowest BCUT2D eigenvalue weighted by molar-refractivity contribution is 0.879. The molecule has 4 aromatic rings. The first-order valence-electron chi connectivity index (χ1n) is 9.44. The van der Waals surface area contributed by atoms with Crippen LogP contribution in [-0.4, -0.2) is 31.3 Å². The second-order valence-electron chi connectivity index (χ2n) is 6.44. The van der Waals surface area contributed by atoms with Gasteiger partial charge in [-0.25, -0.2) is 14.6 Å². The highest BCUT2D eigenvalue weighted by atomic mass is 15.3. The van der Waals surface area contributed by atoms with Crippen LogP contribution in [0.1, 0.15) is 18.2 Å². The van der Waals surface area contributed by atoms with E-state index in [0.29, 0.717) is 5.82 Å². The molecule has 1 aromatic carbocycles. The second kappa shape index (κ2) is 8.43. The summed E-state index contributed by atoms with van der Waals surface area (Å²) in [6.45, 7) is 2.86. The number of rotatable bonds is 7. The van der Waals surface area contributed by atoms with Gasteiger partial charge in [-0.15, -0.1) is 0 Å². The second-order valence-corrected chi connectivity index (χ2v) is 6.44. The van der Waals surface area contributed by atoms with Crippen LogP contribution in [0.5, 0.6) is 0 Å². The molecule has 28 heavy (non-hydrogen) atoms. The minimum atomic E-state index is 0.652. The van der Waals surface area contributed by atoms with Crippen LogP contribution >= 0.6 is 0 Å². The Bertz CT molecular complexity index is 1030. The molecule has 3 aromatic heterocycles. The van der Waals surface area contributed by atoms with Gasteiger partial charge in [-0.05, 0) is 42.7 Å². The van der Waals surface area contributed by atoms with Gasteiger partial charge in [-0.3, -0.25) is 4.98 Å². The van der Waals surface area contributed by atoms with Crippen molar-refractivity contribution in [2.24, 2.45) is 0 Å². The lowest BCUT2D eigenvalue weighted by Gasteiger charge is -2.09. The largest absolute Gasteiger partial charge is 0.370 e. The lowest BCUT2D eigenvalue weighted by Crippen LogP contribution is -2.08. The summed E-state index contributed by atoms with van der Waals surface area (Å²) in [5, 5.41) is 7.86. The Morgan fingerprint density at radius 2 is 1.86 bits per heavy atom. The van der Waals surface area contributed by atoms with Gasteiger partial charge in [0.15, 0.2) is 5.82 Å². The van der Waals surface area contributed by atoms with E-state index in [9.17, 15) is 0 Å². The Morgan fingerprint density at radius 3 is 2.64 bits per heavy atom. The molecule has 0 saturated heterocycles. The molecule has 0 spiro atoms. The third-order valence-corrected chi connectivity index (χ3v) is 4.41. The van der Waals surface area contributed by atoms with Crippen LogP contribution in [0.4, 0.5) is 5.82 Å². The highest BCUT2D eigenvalue weighted by molar-refractivity contribution is 5.53. The molecular weight excluding hydrogens is 348 g/mol. The molecule has 140 valence electrons. The Labute approximate surface area is 164 Å². The Kier molecular flexibility index (Phi) is 5.38. The standard InChI is InChI=1S/C22H22N6/c1-2-18-14-21(27-22(26-18)20-10-6-7-12-23-20)24-13-11-17-15-25-28(16-17)19-8-4-3-5-9-19/h3-10,12,14-16H,2,11,13H2,1H3,(H,24,26,27). The van der Waals surface area contributed by atoms with Crippen LogP contribution in [0.25, 0.3) is 17.2 Å². The van der Waals surface area contributed by atoms with Crippen LogP contribution in [0.3, 0.4) is 0 Å². The topological polar surface area (TPSA) is 68.5 Å². The maximum Gasteiger partial charge on any atom is 0.180 e. The van der Waals surface area contributed by atoms with Gasteiger partial charge in [-0.2, -0.15) is 5.10 Å². The van der Waals surface area contributed by atoms with E-state index in [2.05, 4.69) is 38.5 Å². The van der Waals surface area contributed by atoms with Crippen LogP contribution in [0.15, 0.2) is 73.2 Å². The molecule has 6 heteroatoms. The van der Waals surface area contributed by atoms with Crippen LogP contribution < -0.4 is 5.32 Å². The zero-order valence-electron chi connectivity index (χ0n) is 15.8. The van der Waals surface area contributed by atoms with Crippen molar-refractivity contribution >= 4 is 5.82 Å². The number of anilines is 1. The average Bonchev–Trinajstić information content (AvgIpc) is 3.24. The molecule has 0 aliphatic carbocycles. The molecule has 6 nitrogen and oxygen atoms in total. The Balaban J connectivity index is 1.43. The Morgan fingerprint density at radius 1 is 1.00 bits per heavy atom. The van der Waals surface area contributed by atoms with E-state index in [1.807, 2.05) is 65.5 Å². The van der Waals surface area contributed by atoms with Crippen LogP contribution in [0, 0.1) is 0 Å². The van der Waals surface area contributed by atoms with Gasteiger partial charge in [0.1, 0.15) is 11.5 Å². The maximum absolute atomic E-state index is 4.63. The monoisotopic (exact) mass is 370 g/mol. The normalized spacial score (nSPS) is 10.8. The summed E-state index contributed by atoms with van der Waals surface area (Å²) >= 11 is 0. The van der Waals surface area contributed by atoms with Crippen molar-refractivity contribution in [1.29, 1.82) is 0 Å². The number of aromatic nitrogens is 5. The fraction of sp³-hybridized carbons (Fsp3) is 0.182. The van der Waals surface area contributed by atoms with Gasteiger partial charge in [-0.1, -0.05) is 31.2 Å². The maximum atomic E-state index is 4.63. The van der Waals surface area contributed by atoms with Crippen molar-refractivity contribution < 1.29 is 0 Å². The van der Waals surface area contributed by atoms with E-state index in [0.717, 1.165) is 42.3 Å². The molecule has 0 amide bonds. The number of para-hydroxylation sites is 1. The van der Waals surface area contributed by atoms with Gasteiger partial charge in [0, 0.05) is 30.7 Å². The predicted molar refractivity (Wildman–Crippen MR) is 110 cm³/mol. The minimum Gasteiger partial charge on any atom is -0.370 e. The third-order valence-electron chi connectivity index (χ3n) is 4.41. The fourth-order valence-corrected chi connectivity index (χ4v) is 2.92. The van der Waals surface area contributed by atoms with Crippen molar-refractivity contribution in [3.8, 4) is 17.2 Å². The summed E-state index contributed by atoms with van der Waals surface area (Å²) in [6.07, 6.45) is 7.44. The molecule has 0 saturated carbocycles. The van der Waals surface area contributed by atoms with Crippen LogP contribution in [-0.2, 0) is 12.8 Å². The first-order valence-corrected chi connectivity index (χ1v) is 9.44. The van der Waals surface area contributed by atoms with Gasteiger partial charge in [0.2, 0.25) is 0 Å². The van der Waals surface area contributed by atoms with E-state index >= 15 is 0 Å². The first-order chi connectivity index (χ1) is 13.8. The van der Waals surface area contributed by atoms with Crippen molar-refractivity contribution in [2.75, 3.05) is 11.9 Å². The average molecular weight is 370 g/mol. The summed E-state index contributed by atoms with van der Waals surface area (Å²) in [5.74, 6) is 1.47. The highest BCUT2D eigenvalue weighted by Crippen LogP contribution is 2.16. The van der Waals surface area contributed by atoms with Gasteiger partial charge in [0.25, 0.3) is 0 Å². The first kappa shape index (κ1) is 17.9. The summed E-state index contributed by atoms with van der Waals surface area (Å²) in [7, 11) is 0. The lowest BCUT2D eigenvalue weighted by atomic mass is 10.2. The summed E-state index contributed by atoms with van der Waals surface area (Å²) in [5.41, 5.74) is 4.01. The van der Waals surface area contributed by atoms with Crippen molar-refractivity contribution in [2.45, 2.75) is 19.8 Å². The fourth-order valence-electron chi connectivity index (χ4n) is 2.92. The third kappa shape index (κ3) is 4.23. The van der Waals surface area contributed by atoms with E-state index in [-0.39, 0.29) is 0 Å². The minimum absolute atomic E-state index is 0.652. The molecule has 0 radical (unpaired) electrons. The number of nitrogens with one attached hydrogen (secondary N) is 1. The molecular formula is C22H22N6. The molecule has 3 heterocycles. The molecule has 0 fully saturated rings. The Hall–Kier alpha value is -3.54. The van der Waals surface area contributed by atoms with Gasteiger partial charge >= 0.3 is 0 Å². The van der Waals surface area contributed by atoms with Gasteiger partial charge < -0.3 is 5.32 Å². The molecule has 0 aliphatic rings. The molecule has 0 bridgehead atoms. The molecule has 0 aliphatic heterocycles. The number of aryl methyl sites for hydroxylation is 1. The predicted octanol–water partition coefficient (Wildman–Crippen LogP) is 3.94. The van der Waals surface area contributed by atoms with Crippen molar-refractivity contribution in [1.82, 2.24) is 24.7 Å². The zero-order chi connectivity index (χ0) is 19.2.